The number of carbonyl (C=O) groups excluding carboxylic acids is 2. The zero-order valence-electron chi connectivity index (χ0n) is 14.9. The molecule has 0 aromatic carbocycles. The number of aromatic amines is 1. The second kappa shape index (κ2) is 6.54. The molecule has 0 unspecified atom stereocenters. The number of aryl methyl sites for hydroxylation is 1. The van der Waals surface area contributed by atoms with Gasteiger partial charge in [0, 0.05) is 17.5 Å². The average molecular weight is 346 g/mol. The van der Waals surface area contributed by atoms with Crippen LogP contribution in [0.5, 0.6) is 0 Å². The first-order valence-corrected chi connectivity index (χ1v) is 7.91. The van der Waals surface area contributed by atoms with E-state index in [1.165, 1.54) is 37.8 Å². The lowest BCUT2D eigenvalue weighted by atomic mass is 10.0. The summed E-state index contributed by atoms with van der Waals surface area (Å²) in [7, 11) is 0. The lowest BCUT2D eigenvalue weighted by molar-refractivity contribution is -0.146. The van der Waals surface area contributed by atoms with Crippen LogP contribution in [-0.4, -0.2) is 37.5 Å². The first-order valence-electron chi connectivity index (χ1n) is 7.91. The third kappa shape index (κ3) is 3.33. The highest BCUT2D eigenvalue weighted by atomic mass is 16.4. The largest absolute Gasteiger partial charge is 0.479 e. The van der Waals surface area contributed by atoms with Crippen molar-refractivity contribution in [3.05, 3.63) is 34.9 Å². The van der Waals surface area contributed by atoms with Crippen LogP contribution in [0, 0.1) is 6.92 Å². The van der Waals surface area contributed by atoms with Crippen molar-refractivity contribution in [1.29, 1.82) is 0 Å². The van der Waals surface area contributed by atoms with Crippen LogP contribution in [0.25, 0.3) is 0 Å². The van der Waals surface area contributed by atoms with Crippen LogP contribution in [0.1, 0.15) is 59.8 Å². The quantitative estimate of drug-likeness (QED) is 0.694. The SMILES string of the molecule is CCc1c(C(=O)Nc2cnn(C(C)(C)C(=O)O)c2)[nH]c(C)c1C(C)=O. The maximum atomic E-state index is 12.6. The van der Waals surface area contributed by atoms with Crippen molar-refractivity contribution >= 4 is 23.3 Å². The molecule has 1 amide bonds. The van der Waals surface area contributed by atoms with E-state index in [1.807, 2.05) is 6.92 Å². The summed E-state index contributed by atoms with van der Waals surface area (Å²) in [5.41, 5.74) is 1.32. The number of anilines is 1. The zero-order chi connectivity index (χ0) is 18.9. The number of H-pyrrole nitrogens is 1. The van der Waals surface area contributed by atoms with Crippen molar-refractivity contribution in [2.45, 2.75) is 46.6 Å². The number of rotatable bonds is 6. The maximum Gasteiger partial charge on any atom is 0.331 e. The first kappa shape index (κ1) is 18.4. The van der Waals surface area contributed by atoms with E-state index in [4.69, 9.17) is 0 Å². The van der Waals surface area contributed by atoms with Gasteiger partial charge in [0.15, 0.2) is 11.3 Å². The molecule has 0 bridgehead atoms. The van der Waals surface area contributed by atoms with Gasteiger partial charge in [0.25, 0.3) is 5.91 Å². The second-order valence-corrected chi connectivity index (χ2v) is 6.38. The Bertz CT molecular complexity index is 845. The number of Topliss-reactive ketones (excluding diaryl/α,β-unsaturated/α-hetero) is 1. The molecule has 2 aromatic heterocycles. The molecule has 0 aliphatic rings. The Hall–Kier alpha value is -2.90. The molecule has 0 fully saturated rings. The van der Waals surface area contributed by atoms with Crippen molar-refractivity contribution in [2.75, 3.05) is 5.32 Å². The fourth-order valence-electron chi connectivity index (χ4n) is 2.69. The Morgan fingerprint density at radius 3 is 2.52 bits per heavy atom. The molecule has 134 valence electrons. The number of carboxylic acid groups (broad SMARTS) is 1. The molecule has 8 nitrogen and oxygen atoms in total. The van der Waals surface area contributed by atoms with E-state index < -0.39 is 17.4 Å². The maximum absolute atomic E-state index is 12.6. The van der Waals surface area contributed by atoms with Crippen LogP contribution in [0.3, 0.4) is 0 Å². The average Bonchev–Trinajstić information content (AvgIpc) is 3.11. The number of aliphatic carboxylic acids is 1. The number of carbonyl (C=O) groups is 3. The summed E-state index contributed by atoms with van der Waals surface area (Å²) in [5.74, 6) is -1.53. The highest BCUT2D eigenvalue weighted by Crippen LogP contribution is 2.22. The van der Waals surface area contributed by atoms with Gasteiger partial charge in [-0.25, -0.2) is 4.79 Å². The third-order valence-electron chi connectivity index (χ3n) is 4.16. The van der Waals surface area contributed by atoms with Crippen molar-refractivity contribution in [3.8, 4) is 0 Å². The summed E-state index contributed by atoms with van der Waals surface area (Å²) < 4.78 is 1.27. The molecule has 2 heterocycles. The van der Waals surface area contributed by atoms with E-state index in [9.17, 15) is 19.5 Å². The minimum atomic E-state index is -1.23. The summed E-state index contributed by atoms with van der Waals surface area (Å²) >= 11 is 0. The molecule has 25 heavy (non-hydrogen) atoms. The Kier molecular flexibility index (Phi) is 4.82. The molecule has 0 radical (unpaired) electrons. The van der Waals surface area contributed by atoms with Gasteiger partial charge in [0.1, 0.15) is 5.69 Å². The molecule has 0 aliphatic carbocycles. The lowest BCUT2D eigenvalue weighted by Crippen LogP contribution is -2.35. The van der Waals surface area contributed by atoms with Gasteiger partial charge in [-0.3, -0.25) is 14.3 Å². The first-order chi connectivity index (χ1) is 11.6. The van der Waals surface area contributed by atoms with Crippen molar-refractivity contribution in [3.63, 3.8) is 0 Å². The van der Waals surface area contributed by atoms with E-state index >= 15 is 0 Å². The van der Waals surface area contributed by atoms with E-state index in [2.05, 4.69) is 15.4 Å². The van der Waals surface area contributed by atoms with Gasteiger partial charge >= 0.3 is 5.97 Å². The van der Waals surface area contributed by atoms with Gasteiger partial charge in [-0.1, -0.05) is 6.92 Å². The van der Waals surface area contributed by atoms with Gasteiger partial charge < -0.3 is 15.4 Å². The third-order valence-corrected chi connectivity index (χ3v) is 4.16. The molecule has 0 atom stereocenters. The Balaban J connectivity index is 2.30. The van der Waals surface area contributed by atoms with Crippen LogP contribution >= 0.6 is 0 Å². The van der Waals surface area contributed by atoms with Crippen molar-refractivity contribution < 1.29 is 19.5 Å². The number of ketones is 1. The highest BCUT2D eigenvalue weighted by molar-refractivity contribution is 6.07. The van der Waals surface area contributed by atoms with E-state index in [1.54, 1.807) is 6.92 Å². The molecule has 2 rings (SSSR count). The number of hydrogen-bond acceptors (Lipinski definition) is 4. The topological polar surface area (TPSA) is 117 Å². The normalized spacial score (nSPS) is 11.4. The number of aromatic nitrogens is 3. The zero-order valence-corrected chi connectivity index (χ0v) is 14.9. The van der Waals surface area contributed by atoms with Gasteiger partial charge in [0.2, 0.25) is 0 Å². The van der Waals surface area contributed by atoms with Gasteiger partial charge in [-0.05, 0) is 39.7 Å². The van der Waals surface area contributed by atoms with Gasteiger partial charge in [-0.15, -0.1) is 0 Å². The number of carboxylic acids is 1. The predicted octanol–water partition coefficient (Wildman–Crippen LogP) is 2.36. The van der Waals surface area contributed by atoms with Crippen molar-refractivity contribution in [1.82, 2.24) is 14.8 Å². The molecule has 0 saturated heterocycles. The molecule has 8 heteroatoms. The molecule has 0 spiro atoms. The minimum Gasteiger partial charge on any atom is -0.479 e. The number of nitrogens with one attached hydrogen (secondary N) is 2. The van der Waals surface area contributed by atoms with Crippen LogP contribution in [0.15, 0.2) is 12.4 Å². The molecule has 3 N–H and O–H groups in total. The fraction of sp³-hybridized carbons (Fsp3) is 0.412. The summed E-state index contributed by atoms with van der Waals surface area (Å²) in [6, 6.07) is 0. The predicted molar refractivity (Wildman–Crippen MR) is 92.1 cm³/mol. The highest BCUT2D eigenvalue weighted by Gasteiger charge is 2.30. The summed E-state index contributed by atoms with van der Waals surface area (Å²) in [4.78, 5) is 38.6. The number of nitrogens with zero attached hydrogens (tertiary/aromatic N) is 2. The van der Waals surface area contributed by atoms with Gasteiger partial charge in [0.05, 0.1) is 11.9 Å². The number of amides is 1. The molecule has 0 saturated carbocycles. The van der Waals surface area contributed by atoms with E-state index in [0.717, 1.165) is 0 Å². The summed E-state index contributed by atoms with van der Waals surface area (Å²) in [6.45, 7) is 8.11. The molecular weight excluding hydrogens is 324 g/mol. The van der Waals surface area contributed by atoms with Crippen LogP contribution in [0.2, 0.25) is 0 Å². The molecule has 2 aromatic rings. The Morgan fingerprint density at radius 2 is 2.00 bits per heavy atom. The van der Waals surface area contributed by atoms with Gasteiger partial charge in [-0.2, -0.15) is 5.10 Å². The van der Waals surface area contributed by atoms with Crippen LogP contribution in [0.4, 0.5) is 5.69 Å². The Morgan fingerprint density at radius 1 is 1.36 bits per heavy atom. The lowest BCUT2D eigenvalue weighted by Gasteiger charge is -2.19. The summed E-state index contributed by atoms with van der Waals surface area (Å²) in [5, 5.41) is 15.9. The van der Waals surface area contributed by atoms with E-state index in [-0.39, 0.29) is 5.78 Å². The Labute approximate surface area is 145 Å². The van der Waals surface area contributed by atoms with Crippen LogP contribution in [-0.2, 0) is 16.8 Å². The van der Waals surface area contributed by atoms with E-state index in [0.29, 0.717) is 34.6 Å². The second-order valence-electron chi connectivity index (χ2n) is 6.38. The smallest absolute Gasteiger partial charge is 0.331 e. The minimum absolute atomic E-state index is 0.0966. The molecule has 0 aliphatic heterocycles. The van der Waals surface area contributed by atoms with Crippen molar-refractivity contribution in [2.24, 2.45) is 0 Å². The standard InChI is InChI=1S/C17H22N4O4/c1-6-12-13(10(3)22)9(2)19-14(12)15(23)20-11-7-18-21(8-11)17(4,5)16(24)25/h7-8,19H,6H2,1-5H3,(H,20,23)(H,24,25). The molecular formula is C17H22N4O4. The number of hydrogen-bond donors (Lipinski definition) is 3. The summed E-state index contributed by atoms with van der Waals surface area (Å²) in [6.07, 6.45) is 3.38. The monoisotopic (exact) mass is 346 g/mol. The fourth-order valence-corrected chi connectivity index (χ4v) is 2.69. The van der Waals surface area contributed by atoms with Crippen LogP contribution < -0.4 is 5.32 Å².